The number of hydrogen-bond donors (Lipinski definition) is 2. The van der Waals surface area contributed by atoms with E-state index in [9.17, 15) is 4.79 Å². The number of carbonyl (C=O) groups is 1. The third-order valence-electron chi connectivity index (χ3n) is 2.70. The van der Waals surface area contributed by atoms with Gasteiger partial charge < -0.3 is 11.1 Å². The summed E-state index contributed by atoms with van der Waals surface area (Å²) in [6, 6.07) is 5.28. The molecule has 0 bridgehead atoms. The molecular weight excluding hydrogens is 212 g/mol. The predicted octanol–water partition coefficient (Wildman–Crippen LogP) is 2.20. The molecule has 3 nitrogen and oxygen atoms in total. The van der Waals surface area contributed by atoms with Gasteiger partial charge in [-0.15, -0.1) is 0 Å². The van der Waals surface area contributed by atoms with Crippen molar-refractivity contribution in [2.75, 3.05) is 5.73 Å². The van der Waals surface area contributed by atoms with Crippen molar-refractivity contribution >= 4 is 23.2 Å². The molecule has 1 aromatic rings. The number of nitrogens with two attached hydrogens (primary N) is 1. The smallest absolute Gasteiger partial charge is 0.251 e. The summed E-state index contributed by atoms with van der Waals surface area (Å²) in [5.74, 6) is -0.0680. The fraction of sp³-hybridized carbons (Fsp3) is 0.364. The number of rotatable bonds is 2. The highest BCUT2D eigenvalue weighted by molar-refractivity contribution is 6.33. The maximum atomic E-state index is 11.7. The summed E-state index contributed by atoms with van der Waals surface area (Å²) >= 11 is 5.84. The summed E-state index contributed by atoms with van der Waals surface area (Å²) in [6.45, 7) is 0. The fourth-order valence-electron chi connectivity index (χ4n) is 1.49. The van der Waals surface area contributed by atoms with Crippen LogP contribution in [0.15, 0.2) is 18.2 Å². The van der Waals surface area contributed by atoms with Crippen molar-refractivity contribution < 1.29 is 4.79 Å². The van der Waals surface area contributed by atoms with Crippen LogP contribution in [0.2, 0.25) is 5.02 Å². The average Bonchev–Trinajstić information content (AvgIpc) is 2.15. The van der Waals surface area contributed by atoms with Gasteiger partial charge in [-0.25, -0.2) is 0 Å². The molecule has 3 N–H and O–H groups in total. The molecule has 1 saturated carbocycles. The van der Waals surface area contributed by atoms with Gasteiger partial charge in [0.05, 0.1) is 10.7 Å². The molecule has 1 aliphatic rings. The van der Waals surface area contributed by atoms with Crippen LogP contribution in [-0.2, 0) is 0 Å². The molecule has 1 aliphatic carbocycles. The SMILES string of the molecule is Nc1ccc(C(=O)NC2CCC2)cc1Cl. The van der Waals surface area contributed by atoms with E-state index in [1.54, 1.807) is 18.2 Å². The van der Waals surface area contributed by atoms with Crippen LogP contribution in [0.4, 0.5) is 5.69 Å². The lowest BCUT2D eigenvalue weighted by molar-refractivity contribution is 0.0917. The second-order valence-corrected chi connectivity index (χ2v) is 4.24. The van der Waals surface area contributed by atoms with Crippen molar-refractivity contribution in [3.8, 4) is 0 Å². The molecule has 2 rings (SSSR count). The normalized spacial score (nSPS) is 15.8. The molecule has 0 unspecified atom stereocenters. The Bertz CT molecular complexity index is 388. The molecule has 0 spiro atoms. The number of nitrogens with one attached hydrogen (secondary N) is 1. The zero-order valence-corrected chi connectivity index (χ0v) is 9.05. The maximum Gasteiger partial charge on any atom is 0.251 e. The van der Waals surface area contributed by atoms with E-state index in [4.69, 9.17) is 17.3 Å². The highest BCUT2D eigenvalue weighted by Gasteiger charge is 2.20. The summed E-state index contributed by atoms with van der Waals surface area (Å²) in [6.07, 6.45) is 3.36. The molecule has 0 heterocycles. The number of carbonyl (C=O) groups excluding carboxylic acids is 1. The Labute approximate surface area is 93.6 Å². The quantitative estimate of drug-likeness (QED) is 0.757. The predicted molar refractivity (Wildman–Crippen MR) is 61.0 cm³/mol. The van der Waals surface area contributed by atoms with Gasteiger partial charge in [-0.05, 0) is 37.5 Å². The molecule has 15 heavy (non-hydrogen) atoms. The van der Waals surface area contributed by atoms with E-state index in [0.717, 1.165) is 12.8 Å². The van der Waals surface area contributed by atoms with Crippen molar-refractivity contribution in [3.05, 3.63) is 28.8 Å². The zero-order chi connectivity index (χ0) is 10.8. The number of halogens is 1. The van der Waals surface area contributed by atoms with Crippen molar-refractivity contribution in [1.29, 1.82) is 0 Å². The Kier molecular flexibility index (Phi) is 2.82. The van der Waals surface area contributed by atoms with Crippen LogP contribution in [0.3, 0.4) is 0 Å². The van der Waals surface area contributed by atoms with Gasteiger partial charge >= 0.3 is 0 Å². The Balaban J connectivity index is 2.07. The van der Waals surface area contributed by atoms with Crippen molar-refractivity contribution in [1.82, 2.24) is 5.32 Å². The van der Waals surface area contributed by atoms with E-state index >= 15 is 0 Å². The van der Waals surface area contributed by atoms with Crippen LogP contribution in [0.1, 0.15) is 29.6 Å². The molecule has 0 atom stereocenters. The molecule has 0 aromatic heterocycles. The molecular formula is C11H13ClN2O. The Morgan fingerprint density at radius 1 is 1.47 bits per heavy atom. The minimum Gasteiger partial charge on any atom is -0.398 e. The van der Waals surface area contributed by atoms with Crippen LogP contribution < -0.4 is 11.1 Å². The first-order chi connectivity index (χ1) is 7.16. The van der Waals surface area contributed by atoms with Crippen molar-refractivity contribution in [3.63, 3.8) is 0 Å². The van der Waals surface area contributed by atoms with Crippen LogP contribution in [0.25, 0.3) is 0 Å². The third-order valence-corrected chi connectivity index (χ3v) is 3.03. The van der Waals surface area contributed by atoms with Crippen molar-refractivity contribution in [2.45, 2.75) is 25.3 Å². The lowest BCUT2D eigenvalue weighted by atomic mass is 9.93. The molecule has 4 heteroatoms. The van der Waals surface area contributed by atoms with Crippen LogP contribution >= 0.6 is 11.6 Å². The monoisotopic (exact) mass is 224 g/mol. The molecule has 1 amide bonds. The lowest BCUT2D eigenvalue weighted by Crippen LogP contribution is -2.39. The van der Waals surface area contributed by atoms with E-state index in [-0.39, 0.29) is 5.91 Å². The van der Waals surface area contributed by atoms with Gasteiger partial charge in [0.2, 0.25) is 0 Å². The Morgan fingerprint density at radius 3 is 2.73 bits per heavy atom. The lowest BCUT2D eigenvalue weighted by Gasteiger charge is -2.26. The zero-order valence-electron chi connectivity index (χ0n) is 8.29. The Morgan fingerprint density at radius 2 is 2.20 bits per heavy atom. The van der Waals surface area contributed by atoms with Gasteiger partial charge in [0, 0.05) is 11.6 Å². The number of nitrogen functional groups attached to an aromatic ring is 1. The molecule has 80 valence electrons. The third kappa shape index (κ3) is 2.23. The molecule has 1 fully saturated rings. The minimum atomic E-state index is -0.0680. The molecule has 0 radical (unpaired) electrons. The summed E-state index contributed by atoms with van der Waals surface area (Å²) < 4.78 is 0. The van der Waals surface area contributed by atoms with E-state index < -0.39 is 0 Å². The fourth-order valence-corrected chi connectivity index (χ4v) is 1.67. The van der Waals surface area contributed by atoms with Crippen LogP contribution in [0.5, 0.6) is 0 Å². The molecule has 1 aromatic carbocycles. The maximum absolute atomic E-state index is 11.7. The van der Waals surface area contributed by atoms with Gasteiger partial charge in [0.15, 0.2) is 0 Å². The largest absolute Gasteiger partial charge is 0.398 e. The number of benzene rings is 1. The summed E-state index contributed by atoms with van der Waals surface area (Å²) in [5.41, 5.74) is 6.63. The van der Waals surface area contributed by atoms with Crippen molar-refractivity contribution in [2.24, 2.45) is 0 Å². The first kappa shape index (κ1) is 10.3. The molecule has 0 saturated heterocycles. The van der Waals surface area contributed by atoms with E-state index in [2.05, 4.69) is 5.32 Å². The summed E-state index contributed by atoms with van der Waals surface area (Å²) in [7, 11) is 0. The first-order valence-corrected chi connectivity index (χ1v) is 5.40. The average molecular weight is 225 g/mol. The molecule has 0 aliphatic heterocycles. The number of hydrogen-bond acceptors (Lipinski definition) is 2. The van der Waals surface area contributed by atoms with Gasteiger partial charge in [-0.1, -0.05) is 11.6 Å². The minimum absolute atomic E-state index is 0.0680. The van der Waals surface area contributed by atoms with Gasteiger partial charge in [-0.3, -0.25) is 4.79 Å². The summed E-state index contributed by atoms with van der Waals surface area (Å²) in [4.78, 5) is 11.7. The van der Waals surface area contributed by atoms with Gasteiger partial charge in [0.1, 0.15) is 0 Å². The van der Waals surface area contributed by atoms with Gasteiger partial charge in [-0.2, -0.15) is 0 Å². The number of amides is 1. The number of anilines is 1. The Hall–Kier alpha value is -1.22. The van der Waals surface area contributed by atoms with Crippen LogP contribution in [-0.4, -0.2) is 11.9 Å². The summed E-state index contributed by atoms with van der Waals surface area (Å²) in [5, 5.41) is 3.37. The highest BCUT2D eigenvalue weighted by atomic mass is 35.5. The standard InChI is InChI=1S/C11H13ClN2O/c12-9-6-7(4-5-10(9)13)11(15)14-8-2-1-3-8/h4-6,8H,1-3,13H2,(H,14,15). The van der Waals surface area contributed by atoms with Crippen LogP contribution in [0, 0.1) is 0 Å². The first-order valence-electron chi connectivity index (χ1n) is 5.02. The van der Waals surface area contributed by atoms with E-state index in [1.807, 2.05) is 0 Å². The second-order valence-electron chi connectivity index (χ2n) is 3.84. The van der Waals surface area contributed by atoms with E-state index in [1.165, 1.54) is 6.42 Å². The second kappa shape index (κ2) is 4.11. The topological polar surface area (TPSA) is 55.1 Å². The van der Waals surface area contributed by atoms with E-state index in [0.29, 0.717) is 22.3 Å². The highest BCUT2D eigenvalue weighted by Crippen LogP contribution is 2.21. The van der Waals surface area contributed by atoms with Gasteiger partial charge in [0.25, 0.3) is 5.91 Å².